The highest BCUT2D eigenvalue weighted by atomic mass is 16.9. The highest BCUT2D eigenvalue weighted by Gasteiger charge is 2.63. The van der Waals surface area contributed by atoms with Gasteiger partial charge in [0.15, 0.2) is 17.9 Å². The molecule has 11 heteroatoms. The molecule has 0 aromatic carbocycles. The molecule has 0 saturated carbocycles. The van der Waals surface area contributed by atoms with Crippen LogP contribution in [0, 0.1) is 0 Å². The van der Waals surface area contributed by atoms with Gasteiger partial charge in [0.05, 0.1) is 26.1 Å². The van der Waals surface area contributed by atoms with Crippen LogP contribution in [0.25, 0.3) is 0 Å². The summed E-state index contributed by atoms with van der Waals surface area (Å²) in [6, 6.07) is 0. The van der Waals surface area contributed by atoms with E-state index in [1.807, 2.05) is 0 Å². The summed E-state index contributed by atoms with van der Waals surface area (Å²) in [5.74, 6) is -4.20. The minimum atomic E-state index is -1.32. The summed E-state index contributed by atoms with van der Waals surface area (Å²) >= 11 is 0. The zero-order valence-electron chi connectivity index (χ0n) is 19.6. The van der Waals surface area contributed by atoms with Crippen LogP contribution in [0.4, 0.5) is 0 Å². The van der Waals surface area contributed by atoms with Crippen LogP contribution in [0.5, 0.6) is 0 Å². The van der Waals surface area contributed by atoms with E-state index in [0.717, 1.165) is 0 Å². The molecule has 186 valence electrons. The lowest BCUT2D eigenvalue weighted by Crippen LogP contribution is -2.56. The smallest absolute Gasteiger partial charge is 0.333 e. The Bertz CT molecular complexity index is 782. The molecule has 7 atom stereocenters. The molecule has 0 amide bonds. The molecule has 0 aliphatic carbocycles. The third-order valence-electron chi connectivity index (χ3n) is 5.38. The standard InChI is InChI=1S/C22H32O11/c1-7-26-14(23)9-21(5)30-16-13(11-28-19(25)12(3)4)29-20-18(17(16)31-21)32-22(6,33-20)10-15(24)27-8-2/h13,16-18,20H,3,7-11H2,1-2,4-6H3/t13-,16+,17+,18-,20-,21?,22?/m1/s1. The van der Waals surface area contributed by atoms with Gasteiger partial charge in [0, 0.05) is 5.57 Å². The maximum Gasteiger partial charge on any atom is 0.333 e. The van der Waals surface area contributed by atoms with E-state index in [2.05, 4.69) is 6.58 Å². The monoisotopic (exact) mass is 472 g/mol. The summed E-state index contributed by atoms with van der Waals surface area (Å²) in [6.45, 7) is 12.0. The zero-order chi connectivity index (χ0) is 24.4. The molecule has 33 heavy (non-hydrogen) atoms. The van der Waals surface area contributed by atoms with Gasteiger partial charge in [-0.05, 0) is 34.6 Å². The van der Waals surface area contributed by atoms with Crippen LogP contribution >= 0.6 is 0 Å². The maximum absolute atomic E-state index is 12.1. The van der Waals surface area contributed by atoms with Crippen LogP contribution < -0.4 is 0 Å². The molecule has 0 aromatic rings. The molecule has 3 heterocycles. The zero-order valence-corrected chi connectivity index (χ0v) is 19.6. The van der Waals surface area contributed by atoms with Crippen molar-refractivity contribution >= 4 is 17.9 Å². The second kappa shape index (κ2) is 10.1. The van der Waals surface area contributed by atoms with Crippen LogP contribution in [0.2, 0.25) is 0 Å². The van der Waals surface area contributed by atoms with Crippen molar-refractivity contribution in [3.8, 4) is 0 Å². The molecule has 0 bridgehead atoms. The van der Waals surface area contributed by atoms with Crippen molar-refractivity contribution in [3.63, 3.8) is 0 Å². The predicted molar refractivity (Wildman–Crippen MR) is 109 cm³/mol. The molecule has 3 rings (SSSR count). The van der Waals surface area contributed by atoms with E-state index in [0.29, 0.717) is 0 Å². The van der Waals surface area contributed by atoms with Gasteiger partial charge in [-0.2, -0.15) is 0 Å². The number of fused-ring (bicyclic) bond motifs is 3. The molecule has 3 saturated heterocycles. The van der Waals surface area contributed by atoms with E-state index < -0.39 is 60.2 Å². The minimum Gasteiger partial charge on any atom is -0.466 e. The van der Waals surface area contributed by atoms with Crippen molar-refractivity contribution in [2.75, 3.05) is 19.8 Å². The molecule has 0 radical (unpaired) electrons. The van der Waals surface area contributed by atoms with Gasteiger partial charge in [0.2, 0.25) is 0 Å². The van der Waals surface area contributed by atoms with E-state index in [4.69, 9.17) is 37.9 Å². The van der Waals surface area contributed by atoms with Crippen LogP contribution in [-0.4, -0.2) is 80.0 Å². The van der Waals surface area contributed by atoms with Crippen molar-refractivity contribution in [1.82, 2.24) is 0 Å². The number of carbonyl (C=O) groups excluding carboxylic acids is 3. The van der Waals surface area contributed by atoms with Gasteiger partial charge >= 0.3 is 17.9 Å². The van der Waals surface area contributed by atoms with Gasteiger partial charge in [0.1, 0.15) is 31.0 Å². The third-order valence-corrected chi connectivity index (χ3v) is 5.38. The fraction of sp³-hybridized carbons (Fsp3) is 0.773. The van der Waals surface area contributed by atoms with Crippen LogP contribution in [0.3, 0.4) is 0 Å². The summed E-state index contributed by atoms with van der Waals surface area (Å²) < 4.78 is 45.5. The SMILES string of the molecule is C=C(C)C(=O)OC[C@H]1O[C@@H]2OC(C)(CC(=O)OCC)O[C@@H]2[C@H]2OC(C)(CC(=O)OCC)O[C@H]21. The number of hydrogen-bond acceptors (Lipinski definition) is 11. The minimum absolute atomic E-state index is 0.160. The van der Waals surface area contributed by atoms with E-state index in [9.17, 15) is 14.4 Å². The molecule has 0 N–H and O–H groups in total. The summed E-state index contributed by atoms with van der Waals surface area (Å²) in [5, 5.41) is 0. The normalized spacial score (nSPS) is 37.1. The summed E-state index contributed by atoms with van der Waals surface area (Å²) in [5.41, 5.74) is 0.235. The van der Waals surface area contributed by atoms with Gasteiger partial charge in [-0.25, -0.2) is 4.79 Å². The van der Waals surface area contributed by atoms with Crippen molar-refractivity contribution < 1.29 is 52.3 Å². The highest BCUT2D eigenvalue weighted by molar-refractivity contribution is 5.86. The first-order chi connectivity index (χ1) is 15.5. The fourth-order valence-corrected chi connectivity index (χ4v) is 4.07. The summed E-state index contributed by atoms with van der Waals surface area (Å²) in [7, 11) is 0. The average molecular weight is 472 g/mol. The Labute approximate surface area is 192 Å². The van der Waals surface area contributed by atoms with Crippen LogP contribution in [0.1, 0.15) is 47.5 Å². The quantitative estimate of drug-likeness (QED) is 0.274. The van der Waals surface area contributed by atoms with Crippen molar-refractivity contribution in [1.29, 1.82) is 0 Å². The molecule has 11 nitrogen and oxygen atoms in total. The molecule has 3 aliphatic heterocycles. The molecule has 0 spiro atoms. The summed E-state index contributed by atoms with van der Waals surface area (Å²) in [6.07, 6.45) is -4.25. The van der Waals surface area contributed by atoms with Crippen molar-refractivity contribution in [3.05, 3.63) is 12.2 Å². The fourth-order valence-electron chi connectivity index (χ4n) is 4.07. The number of carbonyl (C=O) groups is 3. The first-order valence-electron chi connectivity index (χ1n) is 11.0. The van der Waals surface area contributed by atoms with Gasteiger partial charge in [-0.15, -0.1) is 0 Å². The highest BCUT2D eigenvalue weighted by Crippen LogP contribution is 2.46. The maximum atomic E-state index is 12.1. The van der Waals surface area contributed by atoms with Crippen molar-refractivity contribution in [2.24, 2.45) is 0 Å². The molecular formula is C22H32O11. The first-order valence-corrected chi connectivity index (χ1v) is 11.0. The predicted octanol–water partition coefficient (Wildman–Crippen LogP) is 1.37. The molecular weight excluding hydrogens is 440 g/mol. The number of hydrogen-bond donors (Lipinski definition) is 0. The summed E-state index contributed by atoms with van der Waals surface area (Å²) in [4.78, 5) is 36.0. The Morgan fingerprint density at radius 3 is 1.88 bits per heavy atom. The lowest BCUT2D eigenvalue weighted by atomic mass is 9.99. The Hall–Kier alpha value is -2.05. The Morgan fingerprint density at radius 2 is 1.33 bits per heavy atom. The molecule has 2 unspecified atom stereocenters. The molecule has 0 aromatic heterocycles. The van der Waals surface area contributed by atoms with E-state index in [-0.39, 0.29) is 38.2 Å². The van der Waals surface area contributed by atoms with Gasteiger partial charge < -0.3 is 37.9 Å². The molecule has 3 fully saturated rings. The van der Waals surface area contributed by atoms with Gasteiger partial charge in [-0.3, -0.25) is 9.59 Å². The van der Waals surface area contributed by atoms with E-state index in [1.54, 1.807) is 27.7 Å². The topological polar surface area (TPSA) is 125 Å². The lowest BCUT2D eigenvalue weighted by Gasteiger charge is -2.36. The number of ether oxygens (including phenoxy) is 8. The van der Waals surface area contributed by atoms with Crippen molar-refractivity contribution in [2.45, 2.75) is 89.7 Å². The second-order valence-electron chi connectivity index (χ2n) is 8.52. The Balaban J connectivity index is 1.79. The second-order valence-corrected chi connectivity index (χ2v) is 8.52. The molecule has 3 aliphatic rings. The van der Waals surface area contributed by atoms with Gasteiger partial charge in [0.25, 0.3) is 0 Å². The Morgan fingerprint density at radius 1 is 0.818 bits per heavy atom. The first kappa shape index (κ1) is 25.6. The number of rotatable bonds is 9. The van der Waals surface area contributed by atoms with Gasteiger partial charge in [-0.1, -0.05) is 6.58 Å². The lowest BCUT2D eigenvalue weighted by molar-refractivity contribution is -0.246. The average Bonchev–Trinajstić information content (AvgIpc) is 3.22. The van der Waals surface area contributed by atoms with E-state index >= 15 is 0 Å². The third kappa shape index (κ3) is 5.90. The number of esters is 3. The van der Waals surface area contributed by atoms with Crippen LogP contribution in [-0.2, 0) is 52.3 Å². The van der Waals surface area contributed by atoms with E-state index in [1.165, 1.54) is 6.92 Å². The van der Waals surface area contributed by atoms with Crippen LogP contribution in [0.15, 0.2) is 12.2 Å². The largest absolute Gasteiger partial charge is 0.466 e. The Kier molecular flexibility index (Phi) is 7.80.